The molecule has 0 radical (unpaired) electrons. The molecule has 2 heteroatoms. The molecule has 1 heterocycles. The zero-order valence-corrected chi connectivity index (χ0v) is 14.4. The molecule has 2 rings (SSSR count). The Hall–Kier alpha value is -0.860. The van der Waals surface area contributed by atoms with Gasteiger partial charge in [0.05, 0.1) is 0 Å². The van der Waals surface area contributed by atoms with Crippen LogP contribution < -0.4 is 5.32 Å². The Balaban J connectivity index is 2.06. The Morgan fingerprint density at radius 2 is 1.86 bits per heavy atom. The summed E-state index contributed by atoms with van der Waals surface area (Å²) in [5.41, 5.74) is 3.10. The number of nitrogens with zero attached hydrogens (tertiary/aromatic N) is 1. The second kappa shape index (κ2) is 6.93. The van der Waals surface area contributed by atoms with Crippen molar-refractivity contribution < 1.29 is 0 Å². The molecule has 0 aliphatic carbocycles. The Bertz CT molecular complexity index is 445. The van der Waals surface area contributed by atoms with E-state index in [2.05, 4.69) is 69.1 Å². The van der Waals surface area contributed by atoms with Gasteiger partial charge >= 0.3 is 0 Å². The Kier molecular flexibility index (Phi) is 5.45. The van der Waals surface area contributed by atoms with Crippen LogP contribution in [-0.4, -0.2) is 23.0 Å². The van der Waals surface area contributed by atoms with Crippen molar-refractivity contribution in [1.82, 2.24) is 10.2 Å². The molecule has 0 spiro atoms. The molecule has 21 heavy (non-hydrogen) atoms. The summed E-state index contributed by atoms with van der Waals surface area (Å²) in [5, 5.41) is 3.62. The molecule has 0 bridgehead atoms. The zero-order chi connectivity index (χ0) is 15.5. The first-order valence-electron chi connectivity index (χ1n) is 8.42. The highest BCUT2D eigenvalue weighted by Gasteiger charge is 2.27. The first-order chi connectivity index (χ1) is 9.87. The maximum Gasteiger partial charge on any atom is 0.0240 e. The van der Waals surface area contributed by atoms with Gasteiger partial charge in [0.1, 0.15) is 0 Å². The third kappa shape index (κ3) is 4.82. The van der Waals surface area contributed by atoms with E-state index in [9.17, 15) is 0 Å². The summed E-state index contributed by atoms with van der Waals surface area (Å²) in [6.45, 7) is 14.7. The van der Waals surface area contributed by atoms with Gasteiger partial charge in [-0.2, -0.15) is 0 Å². The summed E-state index contributed by atoms with van der Waals surface area (Å²) in [4.78, 5) is 2.68. The standard InChI is InChI=1S/C19H32N2/c1-15(2)18-11-8-12-21(18)14-17-10-7-6-9-16(17)13-20-19(3,4)5/h6-7,9-10,15,18,20H,8,11-14H2,1-5H3. The molecule has 1 fully saturated rings. The van der Waals surface area contributed by atoms with Crippen LogP contribution in [0.1, 0.15) is 58.6 Å². The number of rotatable bonds is 5. The fourth-order valence-corrected chi connectivity index (χ4v) is 3.27. The summed E-state index contributed by atoms with van der Waals surface area (Å²) in [5.74, 6) is 0.757. The van der Waals surface area contributed by atoms with Crippen molar-refractivity contribution in [3.63, 3.8) is 0 Å². The minimum Gasteiger partial charge on any atom is -0.308 e. The average molecular weight is 288 g/mol. The van der Waals surface area contributed by atoms with Crippen LogP contribution in [0.3, 0.4) is 0 Å². The van der Waals surface area contributed by atoms with E-state index < -0.39 is 0 Å². The topological polar surface area (TPSA) is 15.3 Å². The highest BCUT2D eigenvalue weighted by atomic mass is 15.2. The van der Waals surface area contributed by atoms with Gasteiger partial charge in [0.15, 0.2) is 0 Å². The molecule has 2 nitrogen and oxygen atoms in total. The summed E-state index contributed by atoms with van der Waals surface area (Å²) in [6.07, 6.45) is 2.71. The summed E-state index contributed by atoms with van der Waals surface area (Å²) >= 11 is 0. The SMILES string of the molecule is CC(C)C1CCCN1Cc1ccccc1CNC(C)(C)C. The van der Waals surface area contributed by atoms with Crippen molar-refractivity contribution in [2.24, 2.45) is 5.92 Å². The van der Waals surface area contributed by atoms with E-state index in [0.29, 0.717) is 0 Å². The van der Waals surface area contributed by atoms with Crippen molar-refractivity contribution in [3.8, 4) is 0 Å². The number of benzene rings is 1. The normalized spacial score (nSPS) is 20.4. The first-order valence-corrected chi connectivity index (χ1v) is 8.42. The molecule has 118 valence electrons. The maximum atomic E-state index is 3.62. The van der Waals surface area contributed by atoms with Crippen molar-refractivity contribution in [3.05, 3.63) is 35.4 Å². The van der Waals surface area contributed by atoms with E-state index in [4.69, 9.17) is 0 Å². The van der Waals surface area contributed by atoms with Crippen LogP contribution in [0, 0.1) is 5.92 Å². The van der Waals surface area contributed by atoms with Gasteiger partial charge in [-0.1, -0.05) is 38.1 Å². The molecule has 0 saturated carbocycles. The second-order valence-corrected chi connectivity index (χ2v) is 7.80. The molecule has 1 aromatic rings. The summed E-state index contributed by atoms with van der Waals surface area (Å²) in [7, 11) is 0. The summed E-state index contributed by atoms with van der Waals surface area (Å²) in [6, 6.07) is 9.67. The average Bonchev–Trinajstić information content (AvgIpc) is 2.85. The monoisotopic (exact) mass is 288 g/mol. The Morgan fingerprint density at radius 1 is 1.19 bits per heavy atom. The molecular weight excluding hydrogens is 256 g/mol. The third-order valence-electron chi connectivity index (χ3n) is 4.48. The van der Waals surface area contributed by atoms with Crippen molar-refractivity contribution in [2.45, 2.75) is 72.1 Å². The van der Waals surface area contributed by atoms with Crippen LogP contribution in [0.15, 0.2) is 24.3 Å². The molecule has 1 saturated heterocycles. The number of hydrogen-bond acceptors (Lipinski definition) is 2. The zero-order valence-electron chi connectivity index (χ0n) is 14.4. The van der Waals surface area contributed by atoms with Gasteiger partial charge in [0, 0.05) is 24.7 Å². The van der Waals surface area contributed by atoms with Gasteiger partial charge in [-0.15, -0.1) is 0 Å². The lowest BCUT2D eigenvalue weighted by Gasteiger charge is -2.29. The van der Waals surface area contributed by atoms with Gasteiger partial charge in [-0.3, -0.25) is 4.90 Å². The van der Waals surface area contributed by atoms with E-state index in [-0.39, 0.29) is 5.54 Å². The number of hydrogen-bond donors (Lipinski definition) is 1. The smallest absolute Gasteiger partial charge is 0.0240 e. The van der Waals surface area contributed by atoms with Crippen LogP contribution in [0.25, 0.3) is 0 Å². The molecule has 1 N–H and O–H groups in total. The largest absolute Gasteiger partial charge is 0.308 e. The first kappa shape index (κ1) is 16.5. The van der Waals surface area contributed by atoms with Crippen molar-refractivity contribution in [2.75, 3.05) is 6.54 Å². The fourth-order valence-electron chi connectivity index (χ4n) is 3.27. The Morgan fingerprint density at radius 3 is 2.48 bits per heavy atom. The van der Waals surface area contributed by atoms with E-state index in [0.717, 1.165) is 25.0 Å². The van der Waals surface area contributed by atoms with Crippen molar-refractivity contribution in [1.29, 1.82) is 0 Å². The third-order valence-corrected chi connectivity index (χ3v) is 4.48. The van der Waals surface area contributed by atoms with E-state index >= 15 is 0 Å². The lowest BCUT2D eigenvalue weighted by Crippen LogP contribution is -2.36. The van der Waals surface area contributed by atoms with Crippen LogP contribution >= 0.6 is 0 Å². The predicted molar refractivity (Wildman–Crippen MR) is 91.3 cm³/mol. The van der Waals surface area contributed by atoms with E-state index in [1.165, 1.54) is 30.5 Å². The van der Waals surface area contributed by atoms with Gasteiger partial charge in [-0.25, -0.2) is 0 Å². The number of likely N-dealkylation sites (tertiary alicyclic amines) is 1. The van der Waals surface area contributed by atoms with E-state index in [1.807, 2.05) is 0 Å². The van der Waals surface area contributed by atoms with Crippen LogP contribution in [0.2, 0.25) is 0 Å². The molecule has 0 aromatic heterocycles. The van der Waals surface area contributed by atoms with Gasteiger partial charge in [0.2, 0.25) is 0 Å². The molecule has 1 aliphatic rings. The highest BCUT2D eigenvalue weighted by Crippen LogP contribution is 2.26. The van der Waals surface area contributed by atoms with Crippen LogP contribution in [0.4, 0.5) is 0 Å². The molecule has 1 aromatic carbocycles. The summed E-state index contributed by atoms with van der Waals surface area (Å²) < 4.78 is 0. The quantitative estimate of drug-likeness (QED) is 0.873. The lowest BCUT2D eigenvalue weighted by molar-refractivity contribution is 0.198. The highest BCUT2D eigenvalue weighted by molar-refractivity contribution is 5.27. The molecule has 1 unspecified atom stereocenters. The van der Waals surface area contributed by atoms with Gasteiger partial charge in [0.25, 0.3) is 0 Å². The fraction of sp³-hybridized carbons (Fsp3) is 0.684. The van der Waals surface area contributed by atoms with E-state index in [1.54, 1.807) is 0 Å². The molecular formula is C19H32N2. The van der Waals surface area contributed by atoms with Gasteiger partial charge < -0.3 is 5.32 Å². The van der Waals surface area contributed by atoms with Crippen LogP contribution in [0.5, 0.6) is 0 Å². The minimum atomic E-state index is 0.168. The molecule has 0 amide bonds. The maximum absolute atomic E-state index is 3.62. The van der Waals surface area contributed by atoms with Crippen molar-refractivity contribution >= 4 is 0 Å². The lowest BCUT2D eigenvalue weighted by atomic mass is 10.0. The Labute approximate surface area is 130 Å². The minimum absolute atomic E-state index is 0.168. The molecule has 1 atom stereocenters. The number of nitrogens with one attached hydrogen (secondary N) is 1. The predicted octanol–water partition coefficient (Wildman–Crippen LogP) is 4.20. The van der Waals surface area contributed by atoms with Gasteiger partial charge in [-0.05, 0) is 57.2 Å². The second-order valence-electron chi connectivity index (χ2n) is 7.80. The van der Waals surface area contributed by atoms with Crippen LogP contribution in [-0.2, 0) is 13.1 Å². The molecule has 1 aliphatic heterocycles.